The number of piperidine rings is 1. The number of rotatable bonds is 3. The van der Waals surface area contributed by atoms with E-state index in [9.17, 15) is 4.79 Å². The molecule has 4 rings (SSSR count). The fourth-order valence-electron chi connectivity index (χ4n) is 4.03. The van der Waals surface area contributed by atoms with Crippen LogP contribution in [-0.4, -0.2) is 45.8 Å². The molecule has 2 fully saturated rings. The lowest BCUT2D eigenvalue weighted by molar-refractivity contribution is 0.0681. The summed E-state index contributed by atoms with van der Waals surface area (Å²) >= 11 is 0. The number of nitrogens with one attached hydrogen (secondary N) is 1. The van der Waals surface area contributed by atoms with Crippen LogP contribution in [0.3, 0.4) is 0 Å². The number of hydrogen-bond acceptors (Lipinski definition) is 3. The Kier molecular flexibility index (Phi) is 3.88. The first-order valence-corrected chi connectivity index (χ1v) is 8.76. The lowest BCUT2D eigenvalue weighted by atomic mass is 9.98. The third kappa shape index (κ3) is 2.84. The molecule has 5 nitrogen and oxygen atoms in total. The molecular weight excluding hydrogens is 300 g/mol. The smallest absolute Gasteiger partial charge is 0.253 e. The van der Waals surface area contributed by atoms with Crippen molar-refractivity contribution in [2.45, 2.75) is 50.7 Å². The summed E-state index contributed by atoms with van der Waals surface area (Å²) in [6, 6.07) is 11.2. The second kappa shape index (κ2) is 6.06. The molecule has 0 spiro atoms. The Morgan fingerprint density at radius 2 is 1.83 bits per heavy atom. The first-order valence-electron chi connectivity index (χ1n) is 8.76. The van der Waals surface area contributed by atoms with Gasteiger partial charge in [0.25, 0.3) is 5.91 Å². The van der Waals surface area contributed by atoms with Crippen LogP contribution in [0.25, 0.3) is 5.69 Å². The maximum absolute atomic E-state index is 12.8. The van der Waals surface area contributed by atoms with E-state index in [1.807, 2.05) is 60.1 Å². The molecule has 2 unspecified atom stereocenters. The third-order valence-corrected chi connectivity index (χ3v) is 5.42. The summed E-state index contributed by atoms with van der Waals surface area (Å²) in [5, 5.41) is 8.04. The fraction of sp³-hybridized carbons (Fsp3) is 0.474. The van der Waals surface area contributed by atoms with Gasteiger partial charge in [-0.3, -0.25) is 4.79 Å². The number of aryl methyl sites for hydroxylation is 1. The summed E-state index contributed by atoms with van der Waals surface area (Å²) in [7, 11) is 1.95. The molecule has 0 saturated carbocycles. The van der Waals surface area contributed by atoms with Crippen LogP contribution < -0.4 is 5.32 Å². The molecule has 126 valence electrons. The molecule has 2 aliphatic heterocycles. The van der Waals surface area contributed by atoms with E-state index in [1.165, 1.54) is 12.8 Å². The Morgan fingerprint density at radius 1 is 1.17 bits per heavy atom. The normalized spacial score (nSPS) is 25.7. The van der Waals surface area contributed by atoms with Crippen LogP contribution in [0, 0.1) is 6.92 Å². The highest BCUT2D eigenvalue weighted by atomic mass is 16.2. The molecule has 2 aromatic rings. The fourth-order valence-corrected chi connectivity index (χ4v) is 4.03. The van der Waals surface area contributed by atoms with Crippen molar-refractivity contribution in [3.63, 3.8) is 0 Å². The van der Waals surface area contributed by atoms with Gasteiger partial charge in [0.05, 0.1) is 11.4 Å². The molecule has 0 aliphatic carbocycles. The SMILES string of the molecule is Cc1ccn(-c2ccc(C(=O)N(C)C3CC4CCC(C3)N4)cc2)n1. The van der Waals surface area contributed by atoms with Crippen LogP contribution in [0.2, 0.25) is 0 Å². The minimum Gasteiger partial charge on any atom is -0.339 e. The molecule has 24 heavy (non-hydrogen) atoms. The molecule has 1 aromatic carbocycles. The second-order valence-electron chi connectivity index (χ2n) is 7.13. The molecule has 1 N–H and O–H groups in total. The lowest BCUT2D eigenvalue weighted by Crippen LogP contribution is -2.48. The third-order valence-electron chi connectivity index (χ3n) is 5.42. The van der Waals surface area contributed by atoms with Gasteiger partial charge in [0, 0.05) is 36.9 Å². The van der Waals surface area contributed by atoms with Gasteiger partial charge in [0.2, 0.25) is 0 Å². The number of fused-ring (bicyclic) bond motifs is 2. The van der Waals surface area contributed by atoms with Crippen molar-refractivity contribution in [2.75, 3.05) is 7.05 Å². The van der Waals surface area contributed by atoms with Gasteiger partial charge in [-0.1, -0.05) is 0 Å². The summed E-state index contributed by atoms with van der Waals surface area (Å²) in [5.74, 6) is 0.115. The van der Waals surface area contributed by atoms with Gasteiger partial charge in [-0.25, -0.2) is 4.68 Å². The van der Waals surface area contributed by atoms with Crippen LogP contribution >= 0.6 is 0 Å². The zero-order valence-corrected chi connectivity index (χ0v) is 14.3. The Labute approximate surface area is 142 Å². The van der Waals surface area contributed by atoms with Crippen molar-refractivity contribution in [2.24, 2.45) is 0 Å². The maximum Gasteiger partial charge on any atom is 0.253 e. The van der Waals surface area contributed by atoms with Crippen molar-refractivity contribution in [1.82, 2.24) is 20.0 Å². The van der Waals surface area contributed by atoms with Crippen molar-refractivity contribution < 1.29 is 4.79 Å². The van der Waals surface area contributed by atoms with E-state index >= 15 is 0 Å². The van der Waals surface area contributed by atoms with Crippen molar-refractivity contribution >= 4 is 5.91 Å². The number of nitrogens with zero attached hydrogens (tertiary/aromatic N) is 3. The molecular formula is C19H24N4O. The number of aromatic nitrogens is 2. The van der Waals surface area contributed by atoms with E-state index in [2.05, 4.69) is 10.4 Å². The molecule has 2 aliphatic rings. The molecule has 2 bridgehead atoms. The van der Waals surface area contributed by atoms with Crippen LogP contribution in [0.1, 0.15) is 41.7 Å². The van der Waals surface area contributed by atoms with Crippen LogP contribution in [0.15, 0.2) is 36.5 Å². The van der Waals surface area contributed by atoms with E-state index in [4.69, 9.17) is 0 Å². The monoisotopic (exact) mass is 324 g/mol. The van der Waals surface area contributed by atoms with Crippen LogP contribution in [0.4, 0.5) is 0 Å². The molecule has 0 radical (unpaired) electrons. The van der Waals surface area contributed by atoms with Gasteiger partial charge >= 0.3 is 0 Å². The number of hydrogen-bond donors (Lipinski definition) is 1. The lowest BCUT2D eigenvalue weighted by Gasteiger charge is -2.35. The van der Waals surface area contributed by atoms with E-state index in [-0.39, 0.29) is 5.91 Å². The molecule has 1 amide bonds. The first kappa shape index (κ1) is 15.4. The second-order valence-corrected chi connectivity index (χ2v) is 7.13. The number of amides is 1. The summed E-state index contributed by atoms with van der Waals surface area (Å²) in [6.07, 6.45) is 6.58. The summed E-state index contributed by atoms with van der Waals surface area (Å²) < 4.78 is 1.83. The Bertz CT molecular complexity index is 724. The average Bonchev–Trinajstić information content (AvgIpc) is 3.18. The van der Waals surface area contributed by atoms with Crippen molar-refractivity contribution in [3.8, 4) is 5.69 Å². The summed E-state index contributed by atoms with van der Waals surface area (Å²) in [5.41, 5.74) is 2.70. The number of benzene rings is 1. The van der Waals surface area contributed by atoms with Gasteiger partial charge in [-0.2, -0.15) is 5.10 Å². The molecule has 2 atom stereocenters. The predicted molar refractivity (Wildman–Crippen MR) is 93.4 cm³/mol. The predicted octanol–water partition coefficient (Wildman–Crippen LogP) is 2.54. The zero-order chi connectivity index (χ0) is 16.7. The Balaban J connectivity index is 1.47. The summed E-state index contributed by atoms with van der Waals surface area (Å²) in [4.78, 5) is 14.8. The molecule has 3 heterocycles. The average molecular weight is 324 g/mol. The van der Waals surface area contributed by atoms with Gasteiger partial charge in [-0.05, 0) is 62.9 Å². The van der Waals surface area contributed by atoms with Crippen molar-refractivity contribution in [1.29, 1.82) is 0 Å². The number of carbonyl (C=O) groups excluding carboxylic acids is 1. The highest BCUT2D eigenvalue weighted by Crippen LogP contribution is 2.29. The largest absolute Gasteiger partial charge is 0.339 e. The van der Waals surface area contributed by atoms with E-state index in [0.29, 0.717) is 18.1 Å². The molecule has 1 aromatic heterocycles. The van der Waals surface area contributed by atoms with E-state index in [1.54, 1.807) is 0 Å². The highest BCUT2D eigenvalue weighted by Gasteiger charge is 2.36. The topological polar surface area (TPSA) is 50.2 Å². The zero-order valence-electron chi connectivity index (χ0n) is 14.3. The van der Waals surface area contributed by atoms with E-state index < -0.39 is 0 Å². The Hall–Kier alpha value is -2.14. The molecule has 2 saturated heterocycles. The highest BCUT2D eigenvalue weighted by molar-refractivity contribution is 5.94. The quantitative estimate of drug-likeness (QED) is 0.944. The number of carbonyl (C=O) groups is 1. The van der Waals surface area contributed by atoms with Crippen molar-refractivity contribution in [3.05, 3.63) is 47.8 Å². The first-order chi connectivity index (χ1) is 11.6. The molecule has 5 heteroatoms. The van der Waals surface area contributed by atoms with Gasteiger partial charge in [0.1, 0.15) is 0 Å². The minimum absolute atomic E-state index is 0.115. The van der Waals surface area contributed by atoms with Gasteiger partial charge < -0.3 is 10.2 Å². The van der Waals surface area contributed by atoms with E-state index in [0.717, 1.165) is 29.8 Å². The van der Waals surface area contributed by atoms with Crippen LogP contribution in [0.5, 0.6) is 0 Å². The Morgan fingerprint density at radius 3 is 2.42 bits per heavy atom. The standard InChI is InChI=1S/C19H24N4O/c1-13-9-10-23(21-13)17-7-3-14(4-8-17)19(24)22(2)18-11-15-5-6-16(12-18)20-15/h3-4,7-10,15-16,18,20H,5-6,11-12H2,1-2H3. The summed E-state index contributed by atoms with van der Waals surface area (Å²) in [6.45, 7) is 1.97. The minimum atomic E-state index is 0.115. The van der Waals surface area contributed by atoms with Gasteiger partial charge in [-0.15, -0.1) is 0 Å². The van der Waals surface area contributed by atoms with Crippen LogP contribution in [-0.2, 0) is 0 Å². The van der Waals surface area contributed by atoms with Gasteiger partial charge in [0.15, 0.2) is 0 Å². The maximum atomic E-state index is 12.8.